The molecule has 0 aliphatic carbocycles. The van der Waals surface area contributed by atoms with Gasteiger partial charge < -0.3 is 21.1 Å². The number of nitrogens with two attached hydrogens (primary N) is 1. The van der Waals surface area contributed by atoms with Crippen molar-refractivity contribution in [2.75, 3.05) is 44.0 Å². The van der Waals surface area contributed by atoms with Crippen LogP contribution in [0.5, 0.6) is 0 Å². The van der Waals surface area contributed by atoms with Gasteiger partial charge in [-0.25, -0.2) is 4.98 Å². The van der Waals surface area contributed by atoms with Gasteiger partial charge in [-0.3, -0.25) is 0 Å². The molecule has 2 rings (SSSR count). The van der Waals surface area contributed by atoms with Crippen LogP contribution in [0.3, 0.4) is 0 Å². The molecule has 0 aliphatic rings. The number of para-hydroxylation sites is 1. The maximum absolute atomic E-state index is 5.50. The summed E-state index contributed by atoms with van der Waals surface area (Å²) in [6, 6.07) is 8.02. The Balaban J connectivity index is 1.99. The lowest BCUT2D eigenvalue weighted by Crippen LogP contribution is -2.12. The Morgan fingerprint density at radius 1 is 1.00 bits per heavy atom. The zero-order valence-corrected chi connectivity index (χ0v) is 13.8. The van der Waals surface area contributed by atoms with Crippen LogP contribution in [0.2, 0.25) is 0 Å². The second kappa shape index (κ2) is 9.97. The predicted molar refractivity (Wildman–Crippen MR) is 95.9 cm³/mol. The lowest BCUT2D eigenvalue weighted by atomic mass is 10.2. The molecule has 1 aromatic heterocycles. The first-order valence-electron chi connectivity index (χ1n) is 8.28. The molecular formula is C17H27N5O. The molecule has 6 nitrogen and oxygen atoms in total. The van der Waals surface area contributed by atoms with Crippen molar-refractivity contribution < 1.29 is 4.74 Å². The molecule has 0 amide bonds. The normalized spacial score (nSPS) is 10.9. The third kappa shape index (κ3) is 5.65. The molecule has 2 aromatic rings. The molecule has 0 spiro atoms. The second-order valence-corrected chi connectivity index (χ2v) is 5.46. The van der Waals surface area contributed by atoms with Gasteiger partial charge in [0.2, 0.25) is 5.95 Å². The molecule has 0 fully saturated rings. The smallest absolute Gasteiger partial charge is 0.225 e. The minimum Gasteiger partial charge on any atom is -0.383 e. The number of hydrogen-bond donors (Lipinski definition) is 3. The molecule has 6 heteroatoms. The summed E-state index contributed by atoms with van der Waals surface area (Å²) < 4.78 is 5.09. The maximum Gasteiger partial charge on any atom is 0.225 e. The summed E-state index contributed by atoms with van der Waals surface area (Å²) in [6.07, 6.45) is 4.56. The van der Waals surface area contributed by atoms with Gasteiger partial charge in [0.15, 0.2) is 0 Å². The van der Waals surface area contributed by atoms with Crippen LogP contribution < -0.4 is 16.4 Å². The van der Waals surface area contributed by atoms with Crippen LogP contribution in [0.4, 0.5) is 11.8 Å². The molecule has 23 heavy (non-hydrogen) atoms. The van der Waals surface area contributed by atoms with E-state index in [1.165, 1.54) is 12.8 Å². The Morgan fingerprint density at radius 2 is 1.83 bits per heavy atom. The van der Waals surface area contributed by atoms with Gasteiger partial charge >= 0.3 is 0 Å². The molecule has 1 heterocycles. The fraction of sp³-hybridized carbons (Fsp3) is 0.529. The van der Waals surface area contributed by atoms with Gasteiger partial charge in [-0.05, 0) is 31.5 Å². The van der Waals surface area contributed by atoms with E-state index in [4.69, 9.17) is 10.5 Å². The number of anilines is 2. The Morgan fingerprint density at radius 3 is 2.65 bits per heavy atom. The lowest BCUT2D eigenvalue weighted by Gasteiger charge is -2.11. The van der Waals surface area contributed by atoms with Crippen LogP contribution in [0.15, 0.2) is 24.3 Å². The molecule has 1 aromatic carbocycles. The van der Waals surface area contributed by atoms with E-state index in [2.05, 4.69) is 20.6 Å². The number of hydrogen-bond acceptors (Lipinski definition) is 6. The highest BCUT2D eigenvalue weighted by Crippen LogP contribution is 2.21. The number of rotatable bonds is 11. The first-order valence-corrected chi connectivity index (χ1v) is 8.28. The molecule has 0 unspecified atom stereocenters. The highest BCUT2D eigenvalue weighted by Gasteiger charge is 2.06. The van der Waals surface area contributed by atoms with Gasteiger partial charge in [0.1, 0.15) is 5.82 Å². The van der Waals surface area contributed by atoms with E-state index < -0.39 is 0 Å². The summed E-state index contributed by atoms with van der Waals surface area (Å²) in [5.41, 5.74) is 6.44. The maximum atomic E-state index is 5.50. The van der Waals surface area contributed by atoms with E-state index in [1.54, 1.807) is 7.11 Å². The van der Waals surface area contributed by atoms with E-state index in [9.17, 15) is 0 Å². The molecule has 0 atom stereocenters. The van der Waals surface area contributed by atoms with Crippen LogP contribution in [0, 0.1) is 0 Å². The van der Waals surface area contributed by atoms with Crippen LogP contribution >= 0.6 is 0 Å². The van der Waals surface area contributed by atoms with Crippen molar-refractivity contribution in [2.24, 2.45) is 5.73 Å². The third-order valence-electron chi connectivity index (χ3n) is 3.62. The topological polar surface area (TPSA) is 85.1 Å². The van der Waals surface area contributed by atoms with Gasteiger partial charge in [-0.15, -0.1) is 0 Å². The fourth-order valence-electron chi connectivity index (χ4n) is 2.38. The lowest BCUT2D eigenvalue weighted by molar-refractivity contribution is 0.210. The third-order valence-corrected chi connectivity index (χ3v) is 3.62. The summed E-state index contributed by atoms with van der Waals surface area (Å²) in [6.45, 7) is 3.01. The van der Waals surface area contributed by atoms with E-state index in [-0.39, 0.29) is 0 Å². The molecule has 0 radical (unpaired) electrons. The van der Waals surface area contributed by atoms with Crippen molar-refractivity contribution in [3.05, 3.63) is 24.3 Å². The van der Waals surface area contributed by atoms with Crippen molar-refractivity contribution in [1.82, 2.24) is 9.97 Å². The predicted octanol–water partition coefficient (Wildman–Crippen LogP) is 2.62. The Labute approximate surface area is 137 Å². The zero-order valence-electron chi connectivity index (χ0n) is 13.8. The summed E-state index contributed by atoms with van der Waals surface area (Å²) in [7, 11) is 1.69. The van der Waals surface area contributed by atoms with Crippen molar-refractivity contribution in [1.29, 1.82) is 0 Å². The number of fused-ring (bicyclic) bond motifs is 1. The molecular weight excluding hydrogens is 290 g/mol. The Kier molecular flexibility index (Phi) is 7.56. The summed E-state index contributed by atoms with van der Waals surface area (Å²) in [5, 5.41) is 7.66. The number of ether oxygens (including phenoxy) is 1. The average molecular weight is 317 g/mol. The monoisotopic (exact) mass is 317 g/mol. The Bertz CT molecular complexity index is 590. The quantitative estimate of drug-likeness (QED) is 0.552. The first-order chi connectivity index (χ1) is 11.3. The fourth-order valence-corrected chi connectivity index (χ4v) is 2.38. The second-order valence-electron chi connectivity index (χ2n) is 5.46. The van der Waals surface area contributed by atoms with Gasteiger partial charge in [-0.1, -0.05) is 25.0 Å². The number of aromatic nitrogens is 2. The van der Waals surface area contributed by atoms with Crippen LogP contribution in [-0.2, 0) is 4.74 Å². The molecule has 0 bridgehead atoms. The molecule has 0 aliphatic heterocycles. The van der Waals surface area contributed by atoms with Gasteiger partial charge in [0.05, 0.1) is 12.1 Å². The number of nitrogens with one attached hydrogen (secondary N) is 2. The highest BCUT2D eigenvalue weighted by molar-refractivity contribution is 5.89. The first kappa shape index (κ1) is 17.4. The van der Waals surface area contributed by atoms with E-state index >= 15 is 0 Å². The number of nitrogens with zero attached hydrogens (tertiary/aromatic N) is 2. The molecule has 0 saturated carbocycles. The summed E-state index contributed by atoms with van der Waals surface area (Å²) >= 11 is 0. The van der Waals surface area contributed by atoms with Crippen LogP contribution in [0.25, 0.3) is 10.9 Å². The number of benzene rings is 1. The Hall–Kier alpha value is -1.92. The van der Waals surface area contributed by atoms with Crippen LogP contribution in [-0.4, -0.2) is 43.3 Å². The standard InChI is InChI=1S/C17H27N5O/c1-23-13-12-19-16-14-8-4-5-9-15(14)21-17(22-16)20-11-7-3-2-6-10-18/h4-5,8-9H,2-3,6-7,10-13,18H2,1H3,(H2,19,20,21,22). The molecule has 126 valence electrons. The van der Waals surface area contributed by atoms with Crippen molar-refractivity contribution in [2.45, 2.75) is 25.7 Å². The number of methoxy groups -OCH3 is 1. The van der Waals surface area contributed by atoms with Crippen molar-refractivity contribution in [3.63, 3.8) is 0 Å². The number of unbranched alkanes of at least 4 members (excludes halogenated alkanes) is 3. The van der Waals surface area contributed by atoms with E-state index in [0.717, 1.165) is 49.2 Å². The van der Waals surface area contributed by atoms with Crippen LogP contribution in [0.1, 0.15) is 25.7 Å². The van der Waals surface area contributed by atoms with Crippen molar-refractivity contribution in [3.8, 4) is 0 Å². The van der Waals surface area contributed by atoms with Gasteiger partial charge in [0.25, 0.3) is 0 Å². The highest BCUT2D eigenvalue weighted by atomic mass is 16.5. The zero-order chi connectivity index (χ0) is 16.3. The largest absolute Gasteiger partial charge is 0.383 e. The summed E-state index contributed by atoms with van der Waals surface area (Å²) in [5.74, 6) is 1.51. The minimum absolute atomic E-state index is 0.641. The summed E-state index contributed by atoms with van der Waals surface area (Å²) in [4.78, 5) is 9.18. The minimum atomic E-state index is 0.641. The SMILES string of the molecule is COCCNc1nc(NCCCCCCN)nc2ccccc12. The average Bonchev–Trinajstić information content (AvgIpc) is 2.58. The van der Waals surface area contributed by atoms with Gasteiger partial charge in [-0.2, -0.15) is 4.98 Å². The van der Waals surface area contributed by atoms with Crippen molar-refractivity contribution >= 4 is 22.7 Å². The molecule has 4 N–H and O–H groups in total. The van der Waals surface area contributed by atoms with Gasteiger partial charge in [0, 0.05) is 25.6 Å². The van der Waals surface area contributed by atoms with E-state index in [1.807, 2.05) is 24.3 Å². The van der Waals surface area contributed by atoms with E-state index in [0.29, 0.717) is 12.6 Å². The molecule has 0 saturated heterocycles.